The molecule has 3 heteroatoms. The number of amides is 1. The third kappa shape index (κ3) is 3.13. The van der Waals surface area contributed by atoms with Crippen LogP contribution in [0, 0.1) is 23.7 Å². The van der Waals surface area contributed by atoms with E-state index in [9.17, 15) is 4.79 Å². The van der Waals surface area contributed by atoms with Crippen molar-refractivity contribution in [2.45, 2.75) is 64.8 Å². The van der Waals surface area contributed by atoms with E-state index >= 15 is 0 Å². The van der Waals surface area contributed by atoms with Gasteiger partial charge in [-0.15, -0.1) is 0 Å². The molecule has 1 heterocycles. The van der Waals surface area contributed by atoms with Crippen molar-refractivity contribution in [2.75, 3.05) is 19.6 Å². The molecule has 0 spiro atoms. The Hall–Kier alpha value is -0.570. The molecule has 2 bridgehead atoms. The molecule has 120 valence electrons. The fraction of sp³-hybridized carbons (Fsp3) is 0.944. The van der Waals surface area contributed by atoms with Gasteiger partial charge in [0.1, 0.15) is 0 Å². The quantitative estimate of drug-likeness (QED) is 0.844. The van der Waals surface area contributed by atoms with Gasteiger partial charge >= 0.3 is 0 Å². The van der Waals surface area contributed by atoms with Gasteiger partial charge in [-0.3, -0.25) is 4.79 Å². The average molecular weight is 292 g/mol. The van der Waals surface area contributed by atoms with E-state index in [4.69, 9.17) is 0 Å². The van der Waals surface area contributed by atoms with Crippen LogP contribution in [0.4, 0.5) is 0 Å². The summed E-state index contributed by atoms with van der Waals surface area (Å²) in [7, 11) is 0. The van der Waals surface area contributed by atoms with Crippen LogP contribution in [0.1, 0.15) is 58.8 Å². The second kappa shape index (κ2) is 6.68. The molecule has 3 nitrogen and oxygen atoms in total. The minimum atomic E-state index is 0.376. The number of hydrogen-bond donors (Lipinski definition) is 1. The van der Waals surface area contributed by atoms with E-state index in [0.29, 0.717) is 23.8 Å². The Morgan fingerprint density at radius 3 is 2.67 bits per heavy atom. The fourth-order valence-corrected chi connectivity index (χ4v) is 5.03. The molecule has 1 aliphatic heterocycles. The Bertz CT molecular complexity index is 370. The Labute approximate surface area is 129 Å². The number of fused-ring (bicyclic) bond motifs is 2. The van der Waals surface area contributed by atoms with Gasteiger partial charge in [-0.2, -0.15) is 0 Å². The fourth-order valence-electron chi connectivity index (χ4n) is 5.03. The normalized spacial score (nSPS) is 39.0. The van der Waals surface area contributed by atoms with Gasteiger partial charge in [0.15, 0.2) is 0 Å². The van der Waals surface area contributed by atoms with Crippen LogP contribution in [0.2, 0.25) is 0 Å². The first-order chi connectivity index (χ1) is 10.2. The molecule has 3 rings (SSSR count). The van der Waals surface area contributed by atoms with E-state index in [0.717, 1.165) is 37.9 Å². The van der Waals surface area contributed by atoms with E-state index in [1.54, 1.807) is 0 Å². The summed E-state index contributed by atoms with van der Waals surface area (Å²) in [5.41, 5.74) is 0. The predicted octanol–water partition coefficient (Wildman–Crippen LogP) is 3.05. The topological polar surface area (TPSA) is 32.3 Å². The number of rotatable bonds is 5. The van der Waals surface area contributed by atoms with Gasteiger partial charge in [-0.05, 0) is 56.4 Å². The van der Waals surface area contributed by atoms with Crippen LogP contribution in [0.25, 0.3) is 0 Å². The highest BCUT2D eigenvalue weighted by atomic mass is 16.2. The van der Waals surface area contributed by atoms with Crippen LogP contribution in [0.3, 0.4) is 0 Å². The van der Waals surface area contributed by atoms with Crippen molar-refractivity contribution in [3.8, 4) is 0 Å². The monoisotopic (exact) mass is 292 g/mol. The third-order valence-corrected chi connectivity index (χ3v) is 6.28. The van der Waals surface area contributed by atoms with Crippen LogP contribution in [-0.2, 0) is 4.79 Å². The van der Waals surface area contributed by atoms with Gasteiger partial charge in [-0.1, -0.05) is 26.7 Å². The van der Waals surface area contributed by atoms with Crippen molar-refractivity contribution in [2.24, 2.45) is 23.7 Å². The van der Waals surface area contributed by atoms with Gasteiger partial charge in [0.05, 0.1) is 0 Å². The molecule has 1 amide bonds. The molecule has 5 atom stereocenters. The Morgan fingerprint density at radius 1 is 1.19 bits per heavy atom. The summed E-state index contributed by atoms with van der Waals surface area (Å²) in [6.07, 6.45) is 8.74. The van der Waals surface area contributed by atoms with Crippen LogP contribution in [0.5, 0.6) is 0 Å². The molecular weight excluding hydrogens is 260 g/mol. The molecule has 3 aliphatic rings. The second-order valence-corrected chi connectivity index (χ2v) is 7.58. The summed E-state index contributed by atoms with van der Waals surface area (Å²) < 4.78 is 0. The standard InChI is InChI=1S/C18H32N2O/c1-3-8-19-17-7-9-20(12-14(17)4-2)18(21)16-11-13-5-6-15(16)10-13/h13-17,19H,3-12H2,1-2H3. The number of carbonyl (C=O) groups is 1. The van der Waals surface area contributed by atoms with E-state index in [1.165, 1.54) is 38.5 Å². The first-order valence-electron chi connectivity index (χ1n) is 9.25. The van der Waals surface area contributed by atoms with Crippen molar-refractivity contribution in [1.82, 2.24) is 10.2 Å². The lowest BCUT2D eigenvalue weighted by Gasteiger charge is -2.40. The minimum absolute atomic E-state index is 0.376. The molecule has 2 saturated carbocycles. The molecule has 5 unspecified atom stereocenters. The molecule has 21 heavy (non-hydrogen) atoms. The zero-order valence-electron chi connectivity index (χ0n) is 13.8. The summed E-state index contributed by atoms with van der Waals surface area (Å²) >= 11 is 0. The largest absolute Gasteiger partial charge is 0.342 e. The molecule has 1 saturated heterocycles. The summed E-state index contributed by atoms with van der Waals surface area (Å²) in [6.45, 7) is 7.58. The summed E-state index contributed by atoms with van der Waals surface area (Å²) in [5.74, 6) is 3.11. The molecular formula is C18H32N2O. The summed E-state index contributed by atoms with van der Waals surface area (Å²) in [4.78, 5) is 15.1. The molecule has 3 fully saturated rings. The second-order valence-electron chi connectivity index (χ2n) is 7.58. The van der Waals surface area contributed by atoms with Crippen LogP contribution in [-0.4, -0.2) is 36.5 Å². The van der Waals surface area contributed by atoms with Gasteiger partial charge in [0, 0.05) is 25.0 Å². The van der Waals surface area contributed by atoms with Crippen molar-refractivity contribution in [3.05, 3.63) is 0 Å². The molecule has 0 aromatic carbocycles. The lowest BCUT2D eigenvalue weighted by atomic mass is 9.85. The van der Waals surface area contributed by atoms with Gasteiger partial charge < -0.3 is 10.2 Å². The van der Waals surface area contributed by atoms with E-state index in [-0.39, 0.29) is 0 Å². The maximum absolute atomic E-state index is 12.9. The summed E-state index contributed by atoms with van der Waals surface area (Å²) in [6, 6.07) is 0.624. The number of likely N-dealkylation sites (tertiary alicyclic amines) is 1. The number of nitrogens with one attached hydrogen (secondary N) is 1. The highest BCUT2D eigenvalue weighted by molar-refractivity contribution is 5.79. The lowest BCUT2D eigenvalue weighted by Crippen LogP contribution is -2.52. The maximum atomic E-state index is 12.9. The van der Waals surface area contributed by atoms with Crippen LogP contribution >= 0.6 is 0 Å². The first kappa shape index (κ1) is 15.3. The van der Waals surface area contributed by atoms with Crippen molar-refractivity contribution in [3.63, 3.8) is 0 Å². The van der Waals surface area contributed by atoms with Crippen LogP contribution < -0.4 is 5.32 Å². The zero-order valence-corrected chi connectivity index (χ0v) is 13.8. The van der Waals surface area contributed by atoms with Gasteiger partial charge in [0.25, 0.3) is 0 Å². The molecule has 0 radical (unpaired) electrons. The first-order valence-corrected chi connectivity index (χ1v) is 9.25. The number of hydrogen-bond acceptors (Lipinski definition) is 2. The van der Waals surface area contributed by atoms with Crippen molar-refractivity contribution >= 4 is 5.91 Å². The number of nitrogens with zero attached hydrogens (tertiary/aromatic N) is 1. The zero-order chi connectivity index (χ0) is 14.8. The predicted molar refractivity (Wildman–Crippen MR) is 86.0 cm³/mol. The van der Waals surface area contributed by atoms with E-state index in [1.807, 2.05) is 0 Å². The van der Waals surface area contributed by atoms with E-state index in [2.05, 4.69) is 24.1 Å². The van der Waals surface area contributed by atoms with Gasteiger partial charge in [0.2, 0.25) is 5.91 Å². The molecule has 0 aromatic heterocycles. The third-order valence-electron chi connectivity index (χ3n) is 6.28. The molecule has 1 N–H and O–H groups in total. The Morgan fingerprint density at radius 2 is 2.05 bits per heavy atom. The Balaban J connectivity index is 1.56. The average Bonchev–Trinajstić information content (AvgIpc) is 3.15. The van der Waals surface area contributed by atoms with Crippen molar-refractivity contribution in [1.29, 1.82) is 0 Å². The smallest absolute Gasteiger partial charge is 0.225 e. The van der Waals surface area contributed by atoms with Crippen LogP contribution in [0.15, 0.2) is 0 Å². The highest BCUT2D eigenvalue weighted by Gasteiger charge is 2.45. The Kier molecular flexibility index (Phi) is 4.88. The number of piperidine rings is 1. The minimum Gasteiger partial charge on any atom is -0.342 e. The summed E-state index contributed by atoms with van der Waals surface area (Å²) in [5, 5.41) is 3.69. The number of carbonyl (C=O) groups excluding carboxylic acids is 1. The van der Waals surface area contributed by atoms with Gasteiger partial charge in [-0.25, -0.2) is 0 Å². The van der Waals surface area contributed by atoms with Crippen molar-refractivity contribution < 1.29 is 4.79 Å². The highest BCUT2D eigenvalue weighted by Crippen LogP contribution is 2.49. The lowest BCUT2D eigenvalue weighted by molar-refractivity contribution is -0.139. The maximum Gasteiger partial charge on any atom is 0.225 e. The SMILES string of the molecule is CCCNC1CCN(C(=O)C2CC3CCC2C3)CC1CC. The van der Waals surface area contributed by atoms with E-state index < -0.39 is 0 Å². The molecule has 2 aliphatic carbocycles. The molecule has 0 aromatic rings.